The first-order chi connectivity index (χ1) is 9.33. The lowest BCUT2D eigenvalue weighted by Crippen LogP contribution is -2.59. The Morgan fingerprint density at radius 1 is 1.00 bits per heavy atom. The fourth-order valence-electron chi connectivity index (χ4n) is 4.29. The molecule has 2 aliphatic rings. The van der Waals surface area contributed by atoms with Crippen molar-refractivity contribution in [2.75, 3.05) is 6.61 Å². The molecule has 3 nitrogen and oxygen atoms in total. The molecule has 0 spiro atoms. The van der Waals surface area contributed by atoms with E-state index in [-0.39, 0.29) is 5.97 Å². The van der Waals surface area contributed by atoms with Gasteiger partial charge in [0.15, 0.2) is 0 Å². The van der Waals surface area contributed by atoms with Crippen LogP contribution in [-0.4, -0.2) is 39.3 Å². The standard InChI is InChI=1S/C15H31NO2Si2/c1-19(2)12-13-20(3,4)16(19)14-8-5-6-10-15(17)18-11-7-9-14/h14H,5-13H2,1-4H3. The summed E-state index contributed by atoms with van der Waals surface area (Å²) in [7, 11) is -2.37. The van der Waals surface area contributed by atoms with Crippen molar-refractivity contribution in [1.82, 2.24) is 4.23 Å². The molecule has 0 N–H and O–H groups in total. The lowest BCUT2D eigenvalue weighted by molar-refractivity contribution is -0.144. The van der Waals surface area contributed by atoms with E-state index in [1.807, 2.05) is 0 Å². The van der Waals surface area contributed by atoms with Gasteiger partial charge in [-0.2, -0.15) is 0 Å². The first-order valence-electron chi connectivity index (χ1n) is 8.28. The first kappa shape index (κ1) is 16.2. The van der Waals surface area contributed by atoms with Crippen LogP contribution in [-0.2, 0) is 9.53 Å². The molecule has 2 saturated heterocycles. The van der Waals surface area contributed by atoms with Gasteiger partial charge in [0.05, 0.1) is 6.61 Å². The second-order valence-electron chi connectivity index (χ2n) is 7.76. The Kier molecular flexibility index (Phi) is 5.13. The zero-order chi connectivity index (χ0) is 14.8. The summed E-state index contributed by atoms with van der Waals surface area (Å²) in [5.41, 5.74) is 0. The van der Waals surface area contributed by atoms with Crippen molar-refractivity contribution in [1.29, 1.82) is 0 Å². The van der Waals surface area contributed by atoms with Crippen LogP contribution < -0.4 is 0 Å². The average Bonchev–Trinajstić information content (AvgIpc) is 2.58. The Morgan fingerprint density at radius 3 is 2.25 bits per heavy atom. The Morgan fingerprint density at radius 2 is 1.60 bits per heavy atom. The number of carbonyl (C=O) groups is 1. The van der Waals surface area contributed by atoms with Gasteiger partial charge in [0.1, 0.15) is 16.5 Å². The molecule has 2 heterocycles. The van der Waals surface area contributed by atoms with Gasteiger partial charge in [0.25, 0.3) is 0 Å². The molecule has 5 heteroatoms. The molecule has 20 heavy (non-hydrogen) atoms. The Bertz CT molecular complexity index is 328. The molecule has 0 bridgehead atoms. The lowest BCUT2D eigenvalue weighted by Gasteiger charge is -2.45. The highest BCUT2D eigenvalue weighted by Crippen LogP contribution is 2.40. The molecule has 2 rings (SSSR count). The molecule has 0 aliphatic carbocycles. The second kappa shape index (κ2) is 6.32. The minimum Gasteiger partial charge on any atom is -0.466 e. The van der Waals surface area contributed by atoms with E-state index in [9.17, 15) is 4.79 Å². The topological polar surface area (TPSA) is 29.5 Å². The van der Waals surface area contributed by atoms with Crippen molar-refractivity contribution < 1.29 is 9.53 Å². The molecule has 0 aromatic heterocycles. The molecule has 116 valence electrons. The van der Waals surface area contributed by atoms with E-state index in [4.69, 9.17) is 4.74 Å². The summed E-state index contributed by atoms with van der Waals surface area (Å²) in [4.78, 5) is 11.4. The van der Waals surface area contributed by atoms with Crippen LogP contribution in [0.4, 0.5) is 0 Å². The van der Waals surface area contributed by atoms with E-state index in [2.05, 4.69) is 30.4 Å². The van der Waals surface area contributed by atoms with Gasteiger partial charge in [-0.25, -0.2) is 0 Å². The number of cyclic esters (lactones) is 1. The number of rotatable bonds is 1. The minimum atomic E-state index is -1.19. The van der Waals surface area contributed by atoms with Crippen LogP contribution >= 0.6 is 0 Å². The van der Waals surface area contributed by atoms with Crippen LogP contribution in [0.5, 0.6) is 0 Å². The van der Waals surface area contributed by atoms with E-state index in [1.54, 1.807) is 0 Å². The van der Waals surface area contributed by atoms with Crippen LogP contribution in [0.2, 0.25) is 38.3 Å². The third-order valence-corrected chi connectivity index (χ3v) is 15.5. The fraction of sp³-hybridized carbons (Fsp3) is 0.933. The Hall–Kier alpha value is -0.136. The molecule has 0 saturated carbocycles. The van der Waals surface area contributed by atoms with Gasteiger partial charge in [0.2, 0.25) is 0 Å². The fourth-order valence-corrected chi connectivity index (χ4v) is 19.4. The maximum Gasteiger partial charge on any atom is 0.305 e. The first-order valence-corrected chi connectivity index (χ1v) is 14.6. The molecule has 0 amide bonds. The predicted molar refractivity (Wildman–Crippen MR) is 88.9 cm³/mol. The van der Waals surface area contributed by atoms with Crippen molar-refractivity contribution in [2.24, 2.45) is 0 Å². The van der Waals surface area contributed by atoms with Crippen molar-refractivity contribution in [3.05, 3.63) is 0 Å². The molecule has 2 aliphatic heterocycles. The zero-order valence-electron chi connectivity index (χ0n) is 13.7. The van der Waals surface area contributed by atoms with Gasteiger partial charge >= 0.3 is 5.97 Å². The second-order valence-corrected chi connectivity index (χ2v) is 17.4. The van der Waals surface area contributed by atoms with Crippen LogP contribution in [0.15, 0.2) is 0 Å². The predicted octanol–water partition coefficient (Wildman–Crippen LogP) is 3.98. The smallest absolute Gasteiger partial charge is 0.305 e. The molecule has 1 atom stereocenters. The molecule has 0 aromatic rings. The van der Waals surface area contributed by atoms with Crippen LogP contribution in [0.3, 0.4) is 0 Å². The summed E-state index contributed by atoms with van der Waals surface area (Å²) < 4.78 is 8.34. The highest BCUT2D eigenvalue weighted by Gasteiger charge is 2.49. The van der Waals surface area contributed by atoms with Crippen molar-refractivity contribution in [2.45, 2.75) is 82.8 Å². The van der Waals surface area contributed by atoms with E-state index < -0.39 is 16.5 Å². The quantitative estimate of drug-likeness (QED) is 0.542. The Balaban J connectivity index is 2.06. The minimum absolute atomic E-state index is 0.00836. The number of hydrogen-bond acceptors (Lipinski definition) is 3. The lowest BCUT2D eigenvalue weighted by atomic mass is 10.0. The van der Waals surface area contributed by atoms with Gasteiger partial charge in [-0.1, -0.05) is 32.6 Å². The summed E-state index contributed by atoms with van der Waals surface area (Å²) in [6, 6.07) is 3.73. The highest BCUT2D eigenvalue weighted by atomic mass is 28.4. The van der Waals surface area contributed by atoms with Gasteiger partial charge in [-0.05, 0) is 43.8 Å². The van der Waals surface area contributed by atoms with E-state index in [0.29, 0.717) is 13.0 Å². The largest absolute Gasteiger partial charge is 0.466 e. The zero-order valence-corrected chi connectivity index (χ0v) is 15.7. The molecular weight excluding hydrogens is 282 g/mol. The van der Waals surface area contributed by atoms with Crippen molar-refractivity contribution in [3.63, 3.8) is 0 Å². The number of carbonyl (C=O) groups excluding carboxylic acids is 1. The van der Waals surface area contributed by atoms with Crippen LogP contribution in [0, 0.1) is 0 Å². The van der Waals surface area contributed by atoms with Gasteiger partial charge in [-0.3, -0.25) is 4.79 Å². The number of ether oxygens (including phenoxy) is 1. The van der Waals surface area contributed by atoms with Gasteiger partial charge < -0.3 is 8.97 Å². The highest BCUT2D eigenvalue weighted by molar-refractivity contribution is 6.95. The van der Waals surface area contributed by atoms with Crippen molar-refractivity contribution in [3.8, 4) is 0 Å². The normalized spacial score (nSPS) is 31.8. The number of nitrogens with zero attached hydrogens (tertiary/aromatic N) is 1. The van der Waals surface area contributed by atoms with Crippen molar-refractivity contribution >= 4 is 22.4 Å². The summed E-state index contributed by atoms with van der Waals surface area (Å²) in [5, 5.41) is 0. The summed E-state index contributed by atoms with van der Waals surface area (Å²) in [5.74, 6) is 0.00836. The third kappa shape index (κ3) is 3.74. The number of esters is 1. The summed E-state index contributed by atoms with van der Waals surface area (Å²) in [6.07, 6.45) is 6.37. The summed E-state index contributed by atoms with van der Waals surface area (Å²) >= 11 is 0. The maximum atomic E-state index is 11.4. The number of hydrogen-bond donors (Lipinski definition) is 0. The molecule has 0 radical (unpaired) electrons. The van der Waals surface area contributed by atoms with Gasteiger partial charge in [-0.15, -0.1) is 0 Å². The van der Waals surface area contributed by atoms with E-state index in [1.165, 1.54) is 31.4 Å². The van der Waals surface area contributed by atoms with Gasteiger partial charge in [0, 0.05) is 6.42 Å². The monoisotopic (exact) mass is 313 g/mol. The maximum absolute atomic E-state index is 11.4. The Labute approximate surface area is 126 Å². The molecule has 1 unspecified atom stereocenters. The molecular formula is C15H31NO2Si2. The SMILES string of the molecule is C[Si]1(C)CC[Si](C)(C)N1C1CCCCC(=O)OCCC1. The molecule has 2 fully saturated rings. The molecule has 0 aromatic carbocycles. The average molecular weight is 314 g/mol. The van der Waals surface area contributed by atoms with Crippen LogP contribution in [0.1, 0.15) is 38.5 Å². The third-order valence-electron chi connectivity index (χ3n) is 5.13. The summed E-state index contributed by atoms with van der Waals surface area (Å²) in [6.45, 7) is 10.9. The van der Waals surface area contributed by atoms with Crippen LogP contribution in [0.25, 0.3) is 0 Å². The van der Waals surface area contributed by atoms with E-state index in [0.717, 1.165) is 18.9 Å². The van der Waals surface area contributed by atoms with E-state index >= 15 is 0 Å².